The summed E-state index contributed by atoms with van der Waals surface area (Å²) in [4.78, 5) is 22.6. The number of benzene rings is 1. The zero-order valence-corrected chi connectivity index (χ0v) is 15.1. The summed E-state index contributed by atoms with van der Waals surface area (Å²) in [6.45, 7) is 0. The van der Waals surface area contributed by atoms with Gasteiger partial charge in [-0.3, -0.25) is 4.79 Å². The first-order valence-electron chi connectivity index (χ1n) is 9.13. The Bertz CT molecular complexity index is 705. The minimum absolute atomic E-state index is 0.0187. The highest BCUT2D eigenvalue weighted by Crippen LogP contribution is 2.33. The molecule has 5 nitrogen and oxygen atoms in total. The summed E-state index contributed by atoms with van der Waals surface area (Å²) >= 11 is 0. The van der Waals surface area contributed by atoms with Crippen LogP contribution in [0, 0.1) is 11.8 Å². The van der Waals surface area contributed by atoms with E-state index in [1.807, 2.05) is 42.5 Å². The van der Waals surface area contributed by atoms with Gasteiger partial charge in [-0.05, 0) is 18.4 Å². The van der Waals surface area contributed by atoms with Crippen LogP contribution in [-0.2, 0) is 16.0 Å². The summed E-state index contributed by atoms with van der Waals surface area (Å²) in [6.07, 6.45) is 9.88. The van der Waals surface area contributed by atoms with Crippen molar-refractivity contribution in [1.29, 1.82) is 0 Å². The quantitative estimate of drug-likeness (QED) is 0.459. The van der Waals surface area contributed by atoms with Crippen molar-refractivity contribution < 1.29 is 24.9 Å². The number of carbonyl (C=O) groups is 2. The van der Waals surface area contributed by atoms with E-state index in [0.29, 0.717) is 19.3 Å². The molecule has 0 amide bonds. The molecule has 5 heteroatoms. The first-order chi connectivity index (χ1) is 13.0. The van der Waals surface area contributed by atoms with E-state index in [1.54, 1.807) is 12.2 Å². The normalized spacial score (nSPS) is 24.4. The Hall–Kier alpha value is -2.50. The maximum absolute atomic E-state index is 12.2. The molecule has 0 aliphatic heterocycles. The van der Waals surface area contributed by atoms with E-state index in [2.05, 4.69) is 0 Å². The van der Waals surface area contributed by atoms with Gasteiger partial charge in [0.1, 0.15) is 5.78 Å². The van der Waals surface area contributed by atoms with Gasteiger partial charge in [0.15, 0.2) is 0 Å². The molecule has 1 aromatic rings. The van der Waals surface area contributed by atoms with Crippen LogP contribution in [0.2, 0.25) is 0 Å². The number of carboxylic acids is 1. The molecule has 4 atom stereocenters. The van der Waals surface area contributed by atoms with E-state index in [4.69, 9.17) is 5.11 Å². The number of aliphatic carboxylic acids is 1. The molecule has 144 valence electrons. The third-order valence-corrected chi connectivity index (χ3v) is 4.67. The standard InChI is InChI=1S/C22H26O5/c23-17(14-16-8-4-3-5-9-16)12-13-19-18(20(24)15-21(19)25)10-6-1-2-7-11-22(26)27/h1,3-9,11-13,17-20,23-24H,2,10,14-15H2,(H,26,27)/t17-,18-,19-,20+/m1/s1. The summed E-state index contributed by atoms with van der Waals surface area (Å²) < 4.78 is 0. The maximum atomic E-state index is 12.2. The first-order valence-corrected chi connectivity index (χ1v) is 9.13. The van der Waals surface area contributed by atoms with Gasteiger partial charge in [-0.25, -0.2) is 4.79 Å². The van der Waals surface area contributed by atoms with Gasteiger partial charge in [0.2, 0.25) is 0 Å². The highest BCUT2D eigenvalue weighted by molar-refractivity contribution is 5.86. The van der Waals surface area contributed by atoms with E-state index in [9.17, 15) is 19.8 Å². The van der Waals surface area contributed by atoms with Crippen molar-refractivity contribution in [3.8, 4) is 0 Å². The average molecular weight is 370 g/mol. The molecule has 0 aromatic heterocycles. The van der Waals surface area contributed by atoms with E-state index in [-0.39, 0.29) is 18.1 Å². The van der Waals surface area contributed by atoms with Crippen LogP contribution in [0.5, 0.6) is 0 Å². The highest BCUT2D eigenvalue weighted by Gasteiger charge is 2.39. The molecule has 1 saturated carbocycles. The molecule has 1 aromatic carbocycles. The largest absolute Gasteiger partial charge is 0.478 e. The summed E-state index contributed by atoms with van der Waals surface area (Å²) in [6, 6.07) is 9.62. The van der Waals surface area contributed by atoms with Crippen LogP contribution in [0.25, 0.3) is 0 Å². The van der Waals surface area contributed by atoms with Gasteiger partial charge >= 0.3 is 5.97 Å². The fourth-order valence-corrected chi connectivity index (χ4v) is 3.29. The smallest absolute Gasteiger partial charge is 0.327 e. The SMILES string of the molecule is O=C(O)C=CCC=CC[C@H]1[C@@H](O)CC(=O)[C@@H]1C=C[C@@H](O)Cc1ccccc1. The van der Waals surface area contributed by atoms with Crippen LogP contribution in [-0.4, -0.2) is 39.3 Å². The number of allylic oxidation sites excluding steroid dienone is 4. The van der Waals surface area contributed by atoms with Gasteiger partial charge in [-0.15, -0.1) is 0 Å². The lowest BCUT2D eigenvalue weighted by molar-refractivity contribution is -0.131. The number of rotatable bonds is 9. The fraction of sp³-hybridized carbons (Fsp3) is 0.364. The second kappa shape index (κ2) is 10.6. The zero-order chi connectivity index (χ0) is 19.6. The van der Waals surface area contributed by atoms with Crippen molar-refractivity contribution in [3.05, 3.63) is 72.4 Å². The Morgan fingerprint density at radius 1 is 1.19 bits per heavy atom. The fourth-order valence-electron chi connectivity index (χ4n) is 3.29. The average Bonchev–Trinajstić information content (AvgIpc) is 2.89. The van der Waals surface area contributed by atoms with Crippen LogP contribution in [0.3, 0.4) is 0 Å². The molecule has 0 saturated heterocycles. The molecular weight excluding hydrogens is 344 g/mol. The molecule has 2 rings (SSSR count). The highest BCUT2D eigenvalue weighted by atomic mass is 16.4. The maximum Gasteiger partial charge on any atom is 0.327 e. The van der Waals surface area contributed by atoms with Crippen LogP contribution in [0.4, 0.5) is 0 Å². The predicted octanol–water partition coefficient (Wildman–Crippen LogP) is 2.69. The van der Waals surface area contributed by atoms with Crippen molar-refractivity contribution in [3.63, 3.8) is 0 Å². The number of ketones is 1. The molecule has 0 radical (unpaired) electrons. The van der Waals surface area contributed by atoms with Crippen LogP contribution >= 0.6 is 0 Å². The number of Topliss-reactive ketones (excluding diaryl/α,β-unsaturated/α-hetero) is 1. The Labute approximate surface area is 159 Å². The molecule has 27 heavy (non-hydrogen) atoms. The van der Waals surface area contributed by atoms with E-state index in [1.165, 1.54) is 6.08 Å². The minimum atomic E-state index is -0.987. The number of aliphatic hydroxyl groups excluding tert-OH is 2. The monoisotopic (exact) mass is 370 g/mol. The second-order valence-electron chi connectivity index (χ2n) is 6.75. The van der Waals surface area contributed by atoms with Crippen LogP contribution in [0.15, 0.2) is 66.8 Å². The summed E-state index contributed by atoms with van der Waals surface area (Å²) in [7, 11) is 0. The number of hydrogen-bond donors (Lipinski definition) is 3. The van der Waals surface area contributed by atoms with Gasteiger partial charge in [0, 0.05) is 30.8 Å². The Morgan fingerprint density at radius 2 is 1.93 bits per heavy atom. The molecule has 0 spiro atoms. The van der Waals surface area contributed by atoms with E-state index in [0.717, 1.165) is 11.6 Å². The topological polar surface area (TPSA) is 94.8 Å². The summed E-state index contributed by atoms with van der Waals surface area (Å²) in [5.74, 6) is -1.64. The molecule has 1 aliphatic carbocycles. The van der Waals surface area contributed by atoms with E-state index < -0.39 is 24.1 Å². The van der Waals surface area contributed by atoms with Gasteiger partial charge in [0.25, 0.3) is 0 Å². The molecule has 0 heterocycles. The first kappa shape index (κ1) is 20.8. The number of carbonyl (C=O) groups excluding carboxylic acids is 1. The molecule has 1 aliphatic rings. The zero-order valence-electron chi connectivity index (χ0n) is 15.1. The van der Waals surface area contributed by atoms with Gasteiger partial charge in [-0.2, -0.15) is 0 Å². The minimum Gasteiger partial charge on any atom is -0.478 e. The molecular formula is C22H26O5. The Balaban J connectivity index is 1.91. The van der Waals surface area contributed by atoms with Crippen molar-refractivity contribution in [2.45, 2.75) is 37.9 Å². The van der Waals surface area contributed by atoms with Crippen molar-refractivity contribution in [2.24, 2.45) is 11.8 Å². The van der Waals surface area contributed by atoms with Gasteiger partial charge < -0.3 is 15.3 Å². The summed E-state index contributed by atoms with van der Waals surface area (Å²) in [5, 5.41) is 28.9. The van der Waals surface area contributed by atoms with Crippen molar-refractivity contribution >= 4 is 11.8 Å². The molecule has 1 fully saturated rings. The van der Waals surface area contributed by atoms with Crippen LogP contribution < -0.4 is 0 Å². The molecule has 0 unspecified atom stereocenters. The summed E-state index contributed by atoms with van der Waals surface area (Å²) in [5.41, 5.74) is 1.02. The van der Waals surface area contributed by atoms with Crippen LogP contribution in [0.1, 0.15) is 24.8 Å². The number of aliphatic hydroxyl groups is 2. The van der Waals surface area contributed by atoms with Gasteiger partial charge in [-0.1, -0.05) is 60.7 Å². The van der Waals surface area contributed by atoms with Crippen molar-refractivity contribution in [1.82, 2.24) is 0 Å². The van der Waals surface area contributed by atoms with Crippen molar-refractivity contribution in [2.75, 3.05) is 0 Å². The predicted molar refractivity (Wildman–Crippen MR) is 103 cm³/mol. The molecule has 0 bridgehead atoms. The van der Waals surface area contributed by atoms with E-state index >= 15 is 0 Å². The Kier molecular flexibility index (Phi) is 8.17. The lowest BCUT2D eigenvalue weighted by atomic mass is 9.90. The third kappa shape index (κ3) is 6.96. The Morgan fingerprint density at radius 3 is 2.63 bits per heavy atom. The number of carboxylic acid groups (broad SMARTS) is 1. The molecule has 3 N–H and O–H groups in total. The lowest BCUT2D eigenvalue weighted by Crippen LogP contribution is -2.19. The third-order valence-electron chi connectivity index (χ3n) is 4.67. The lowest BCUT2D eigenvalue weighted by Gasteiger charge is -2.17. The second-order valence-corrected chi connectivity index (χ2v) is 6.75. The van der Waals surface area contributed by atoms with Gasteiger partial charge in [0.05, 0.1) is 12.2 Å². The number of hydrogen-bond acceptors (Lipinski definition) is 4.